The highest BCUT2D eigenvalue weighted by Gasteiger charge is 2.27. The van der Waals surface area contributed by atoms with Crippen molar-refractivity contribution in [2.75, 3.05) is 16.6 Å². The zero-order valence-electron chi connectivity index (χ0n) is 18.1. The number of rotatable bonds is 8. The molecule has 10 heteroatoms. The first-order valence-electron chi connectivity index (χ1n) is 10.7. The Balaban J connectivity index is 1.46. The van der Waals surface area contributed by atoms with Crippen LogP contribution in [0.2, 0.25) is 0 Å². The molecule has 174 valence electrons. The summed E-state index contributed by atoms with van der Waals surface area (Å²) in [5.74, 6) is -2.40. The van der Waals surface area contributed by atoms with Crippen molar-refractivity contribution in [1.29, 1.82) is 0 Å². The lowest BCUT2D eigenvalue weighted by molar-refractivity contribution is 0.103. The molecule has 0 amide bonds. The summed E-state index contributed by atoms with van der Waals surface area (Å²) >= 11 is 0.832. The number of anilines is 2. The highest BCUT2D eigenvalue weighted by molar-refractivity contribution is 8.00. The van der Waals surface area contributed by atoms with Gasteiger partial charge in [0.1, 0.15) is 29.4 Å². The Morgan fingerprint density at radius 1 is 1.15 bits per heavy atom. The molecule has 0 spiro atoms. The summed E-state index contributed by atoms with van der Waals surface area (Å²) in [7, 11) is 0. The topological polar surface area (TPSA) is 82.7 Å². The molecule has 1 fully saturated rings. The molecule has 0 atom stereocenters. The molecule has 1 aliphatic carbocycles. The number of carbonyl (C=O) groups is 1. The minimum Gasteiger partial charge on any atom is -0.369 e. The van der Waals surface area contributed by atoms with E-state index in [0.717, 1.165) is 36.4 Å². The Morgan fingerprint density at radius 2 is 1.97 bits per heavy atom. The molecule has 2 aromatic carbocycles. The van der Waals surface area contributed by atoms with Crippen molar-refractivity contribution in [3.63, 3.8) is 0 Å². The van der Waals surface area contributed by atoms with Gasteiger partial charge in [-0.25, -0.2) is 23.1 Å². The summed E-state index contributed by atoms with van der Waals surface area (Å²) in [6.07, 6.45) is 4.98. The van der Waals surface area contributed by atoms with Crippen LogP contribution in [0.1, 0.15) is 34.3 Å². The van der Waals surface area contributed by atoms with Crippen LogP contribution < -0.4 is 10.0 Å². The second kappa shape index (κ2) is 9.02. The molecule has 1 saturated carbocycles. The summed E-state index contributed by atoms with van der Waals surface area (Å²) in [6.45, 7) is 2.45. The van der Waals surface area contributed by atoms with E-state index in [1.165, 1.54) is 24.7 Å². The number of benzene rings is 2. The number of aromatic nitrogens is 3. The predicted octanol–water partition coefficient (Wildman–Crippen LogP) is 5.86. The molecule has 5 rings (SSSR count). The Labute approximate surface area is 197 Å². The quantitative estimate of drug-likeness (QED) is 0.215. The average molecular weight is 484 g/mol. The second-order valence-corrected chi connectivity index (χ2v) is 9.07. The number of nitrogens with zero attached hydrogens (tertiary/aromatic N) is 2. The van der Waals surface area contributed by atoms with E-state index in [2.05, 4.69) is 25.0 Å². The van der Waals surface area contributed by atoms with Crippen molar-refractivity contribution in [2.24, 2.45) is 5.92 Å². The number of aryl methyl sites for hydroxylation is 1. The number of hydrogen-bond donors (Lipinski definition) is 3. The van der Waals surface area contributed by atoms with E-state index < -0.39 is 28.8 Å². The molecular weight excluding hydrogens is 463 g/mol. The first-order chi connectivity index (χ1) is 16.4. The first-order valence-corrected chi connectivity index (χ1v) is 11.5. The zero-order chi connectivity index (χ0) is 23.8. The van der Waals surface area contributed by atoms with Crippen LogP contribution in [0.5, 0.6) is 0 Å². The molecule has 0 unspecified atom stereocenters. The van der Waals surface area contributed by atoms with E-state index >= 15 is 4.39 Å². The van der Waals surface area contributed by atoms with Crippen molar-refractivity contribution in [1.82, 2.24) is 15.0 Å². The van der Waals surface area contributed by atoms with Gasteiger partial charge in [0.15, 0.2) is 5.82 Å². The fourth-order valence-electron chi connectivity index (χ4n) is 3.61. The number of hydrogen-bond acceptors (Lipinski definition) is 6. The number of aromatic amines is 1. The Kier molecular flexibility index (Phi) is 5.91. The SMILES string of the molecule is Cc1ccc(SNc2ccc(F)c(C(=O)c3c[nH]c4ncnc(NCC5CC5)c34)c2F)c(F)c1. The van der Waals surface area contributed by atoms with Gasteiger partial charge >= 0.3 is 0 Å². The summed E-state index contributed by atoms with van der Waals surface area (Å²) in [4.78, 5) is 24.8. The van der Waals surface area contributed by atoms with Crippen LogP contribution in [0.4, 0.5) is 24.7 Å². The molecule has 2 aromatic heterocycles. The molecule has 0 radical (unpaired) electrons. The highest BCUT2D eigenvalue weighted by Crippen LogP contribution is 2.33. The van der Waals surface area contributed by atoms with Gasteiger partial charge in [-0.1, -0.05) is 6.07 Å². The lowest BCUT2D eigenvalue weighted by Gasteiger charge is -2.12. The minimum absolute atomic E-state index is 0.0566. The van der Waals surface area contributed by atoms with Gasteiger partial charge in [0.25, 0.3) is 0 Å². The number of halogens is 3. The molecule has 1 aliphatic rings. The van der Waals surface area contributed by atoms with Crippen molar-refractivity contribution in [3.05, 3.63) is 77.0 Å². The van der Waals surface area contributed by atoms with Crippen molar-refractivity contribution in [2.45, 2.75) is 24.7 Å². The lowest BCUT2D eigenvalue weighted by atomic mass is 10.0. The molecule has 4 aromatic rings. The van der Waals surface area contributed by atoms with Gasteiger partial charge in [0.05, 0.1) is 27.1 Å². The normalized spacial score (nSPS) is 13.3. The van der Waals surface area contributed by atoms with Crippen molar-refractivity contribution < 1.29 is 18.0 Å². The summed E-state index contributed by atoms with van der Waals surface area (Å²) in [6, 6.07) is 6.80. The van der Waals surface area contributed by atoms with Gasteiger partial charge in [0.2, 0.25) is 5.78 Å². The van der Waals surface area contributed by atoms with E-state index in [-0.39, 0.29) is 16.1 Å². The standard InChI is InChI=1S/C24H20F3N5OS/c1-12-2-7-18(16(26)8-12)34-32-17-6-5-15(25)20(21(17)27)22(33)14-10-29-24-19(14)23(30-11-31-24)28-9-13-3-4-13/h2,5-8,10-11,13,32H,3-4,9H2,1H3,(H2,28,29,30,31). The first kappa shape index (κ1) is 22.3. The molecule has 3 N–H and O–H groups in total. The number of H-pyrrole nitrogens is 1. The third kappa shape index (κ3) is 4.33. The van der Waals surface area contributed by atoms with Gasteiger partial charge < -0.3 is 15.0 Å². The molecular formula is C24H20F3N5OS. The maximum Gasteiger partial charge on any atom is 0.201 e. The maximum atomic E-state index is 15.3. The van der Waals surface area contributed by atoms with Gasteiger partial charge in [-0.15, -0.1) is 0 Å². The minimum atomic E-state index is -1.07. The molecule has 0 aliphatic heterocycles. The van der Waals surface area contributed by atoms with Crippen LogP contribution in [0, 0.1) is 30.3 Å². The predicted molar refractivity (Wildman–Crippen MR) is 126 cm³/mol. The van der Waals surface area contributed by atoms with Crippen LogP contribution in [0.25, 0.3) is 11.0 Å². The Morgan fingerprint density at radius 3 is 2.74 bits per heavy atom. The monoisotopic (exact) mass is 483 g/mol. The van der Waals surface area contributed by atoms with E-state index in [0.29, 0.717) is 29.3 Å². The van der Waals surface area contributed by atoms with Crippen molar-refractivity contribution in [3.8, 4) is 0 Å². The van der Waals surface area contributed by atoms with Crippen LogP contribution in [0.15, 0.2) is 47.8 Å². The number of ketones is 1. The fraction of sp³-hybridized carbons (Fsp3) is 0.208. The summed E-state index contributed by atoms with van der Waals surface area (Å²) in [5.41, 5.74) is 0.334. The number of carbonyl (C=O) groups excluding carboxylic acids is 1. The van der Waals surface area contributed by atoms with E-state index in [9.17, 15) is 13.6 Å². The van der Waals surface area contributed by atoms with Crippen LogP contribution >= 0.6 is 11.9 Å². The summed E-state index contributed by atoms with van der Waals surface area (Å²) < 4.78 is 46.8. The third-order valence-electron chi connectivity index (χ3n) is 5.65. The van der Waals surface area contributed by atoms with Crippen LogP contribution in [-0.2, 0) is 0 Å². The third-order valence-corrected chi connectivity index (χ3v) is 6.52. The van der Waals surface area contributed by atoms with Gasteiger partial charge in [-0.05, 0) is 67.5 Å². The van der Waals surface area contributed by atoms with Crippen molar-refractivity contribution >= 4 is 40.3 Å². The summed E-state index contributed by atoms with van der Waals surface area (Å²) in [5, 5.41) is 3.59. The highest BCUT2D eigenvalue weighted by atomic mass is 32.2. The van der Waals surface area contributed by atoms with Crippen LogP contribution in [-0.4, -0.2) is 27.3 Å². The fourth-order valence-corrected chi connectivity index (χ4v) is 4.28. The van der Waals surface area contributed by atoms with Crippen LogP contribution in [0.3, 0.4) is 0 Å². The molecule has 0 bridgehead atoms. The lowest BCUT2D eigenvalue weighted by Crippen LogP contribution is -2.11. The maximum absolute atomic E-state index is 15.3. The Hall–Kier alpha value is -3.53. The van der Waals surface area contributed by atoms with E-state index in [4.69, 9.17) is 0 Å². The zero-order valence-corrected chi connectivity index (χ0v) is 18.9. The second-order valence-electron chi connectivity index (χ2n) is 8.22. The van der Waals surface area contributed by atoms with E-state index in [1.54, 1.807) is 19.1 Å². The Bertz CT molecular complexity index is 1400. The van der Waals surface area contributed by atoms with Gasteiger partial charge in [-0.3, -0.25) is 4.79 Å². The van der Waals surface area contributed by atoms with Gasteiger partial charge in [0, 0.05) is 12.7 Å². The number of nitrogens with one attached hydrogen (secondary N) is 3. The molecule has 2 heterocycles. The largest absolute Gasteiger partial charge is 0.369 e. The number of fused-ring (bicyclic) bond motifs is 1. The van der Waals surface area contributed by atoms with E-state index in [1.807, 2.05) is 0 Å². The molecule has 0 saturated heterocycles. The smallest absolute Gasteiger partial charge is 0.201 e. The van der Waals surface area contributed by atoms with Gasteiger partial charge in [-0.2, -0.15) is 0 Å². The average Bonchev–Trinajstić information content (AvgIpc) is 3.54. The molecule has 34 heavy (non-hydrogen) atoms. The molecule has 6 nitrogen and oxygen atoms in total.